The first-order chi connectivity index (χ1) is 10.2. The van der Waals surface area contributed by atoms with Crippen molar-refractivity contribution in [2.75, 3.05) is 0 Å². The van der Waals surface area contributed by atoms with Gasteiger partial charge in [0.05, 0.1) is 12.0 Å². The van der Waals surface area contributed by atoms with E-state index in [0.29, 0.717) is 5.75 Å². The van der Waals surface area contributed by atoms with Crippen LogP contribution in [0.25, 0.3) is 0 Å². The van der Waals surface area contributed by atoms with Crippen LogP contribution in [0.1, 0.15) is 84.9 Å². The molecule has 3 heteroatoms. The van der Waals surface area contributed by atoms with Crippen LogP contribution in [0, 0.1) is 0 Å². The fraction of sp³-hybridized carbons (Fsp3) is 0.650. The minimum atomic E-state index is -0.361. The normalized spacial score (nSPS) is 14.0. The van der Waals surface area contributed by atoms with Gasteiger partial charge in [-0.2, -0.15) is 0 Å². The van der Waals surface area contributed by atoms with E-state index in [1.165, 1.54) is 0 Å². The summed E-state index contributed by atoms with van der Waals surface area (Å²) in [4.78, 5) is 12.3. The summed E-state index contributed by atoms with van der Waals surface area (Å²) in [6.45, 7) is 17.9. The zero-order valence-corrected chi connectivity index (χ0v) is 16.1. The van der Waals surface area contributed by atoms with E-state index in [1.807, 2.05) is 32.9 Å². The number of aromatic hydroxyl groups is 1. The number of phenolic OH excluding ortho intramolecular Hbond substituents is 1. The molecule has 0 heterocycles. The van der Waals surface area contributed by atoms with Gasteiger partial charge in [0.1, 0.15) is 5.75 Å². The number of benzene rings is 1. The van der Waals surface area contributed by atoms with Crippen molar-refractivity contribution in [1.82, 2.24) is 0 Å². The molecule has 0 aliphatic heterocycles. The first kappa shape index (κ1) is 19.5. The molecule has 0 radical (unpaired) electrons. The lowest BCUT2D eigenvalue weighted by Crippen LogP contribution is -2.21. The highest BCUT2D eigenvalue weighted by atomic mass is 16.5. The first-order valence-electron chi connectivity index (χ1n) is 8.33. The lowest BCUT2D eigenvalue weighted by Gasteiger charge is -2.29. The molecule has 0 bridgehead atoms. The van der Waals surface area contributed by atoms with E-state index in [2.05, 4.69) is 41.5 Å². The van der Waals surface area contributed by atoms with Crippen molar-refractivity contribution in [2.45, 2.75) is 85.2 Å². The molecule has 3 nitrogen and oxygen atoms in total. The molecule has 1 N–H and O–H groups in total. The second kappa shape index (κ2) is 6.54. The standard InChI is InChI=1S/C20H32O3/c1-12(2)23-18(22)13(3)14-10-15(19(4,5)6)17(21)16(11-14)20(7,8)9/h10-13,21H,1-9H3. The van der Waals surface area contributed by atoms with Gasteiger partial charge < -0.3 is 9.84 Å². The lowest BCUT2D eigenvalue weighted by molar-refractivity contribution is -0.148. The van der Waals surface area contributed by atoms with Crippen molar-refractivity contribution in [3.8, 4) is 5.75 Å². The Kier molecular flexibility index (Phi) is 5.56. The van der Waals surface area contributed by atoms with E-state index in [1.54, 1.807) is 0 Å². The molecule has 1 atom stereocenters. The van der Waals surface area contributed by atoms with E-state index in [0.717, 1.165) is 16.7 Å². The second-order valence-electron chi connectivity index (χ2n) is 8.67. The summed E-state index contributed by atoms with van der Waals surface area (Å²) < 4.78 is 5.35. The third kappa shape index (κ3) is 4.73. The van der Waals surface area contributed by atoms with Gasteiger partial charge in [0.25, 0.3) is 0 Å². The van der Waals surface area contributed by atoms with Crippen molar-refractivity contribution in [3.63, 3.8) is 0 Å². The van der Waals surface area contributed by atoms with Crippen LogP contribution in [-0.4, -0.2) is 17.2 Å². The predicted molar refractivity (Wildman–Crippen MR) is 95.1 cm³/mol. The average molecular weight is 320 g/mol. The third-order valence-electron chi connectivity index (χ3n) is 3.95. The van der Waals surface area contributed by atoms with Gasteiger partial charge >= 0.3 is 5.97 Å². The van der Waals surface area contributed by atoms with Gasteiger partial charge in [-0.3, -0.25) is 4.79 Å². The largest absolute Gasteiger partial charge is 0.507 e. The maximum absolute atomic E-state index is 12.3. The fourth-order valence-corrected chi connectivity index (χ4v) is 2.52. The molecule has 0 fully saturated rings. The Balaban J connectivity index is 3.47. The van der Waals surface area contributed by atoms with E-state index in [4.69, 9.17) is 4.74 Å². The summed E-state index contributed by atoms with van der Waals surface area (Å²) in [6, 6.07) is 3.88. The number of phenols is 1. The maximum Gasteiger partial charge on any atom is 0.313 e. The van der Waals surface area contributed by atoms with Crippen molar-refractivity contribution in [2.24, 2.45) is 0 Å². The van der Waals surface area contributed by atoms with Crippen LogP contribution in [0.15, 0.2) is 12.1 Å². The van der Waals surface area contributed by atoms with Crippen LogP contribution in [0.2, 0.25) is 0 Å². The number of hydrogen-bond donors (Lipinski definition) is 1. The molecule has 1 rings (SSSR count). The minimum Gasteiger partial charge on any atom is -0.507 e. The Labute approximate surface area is 141 Å². The Bertz CT molecular complexity index is 537. The highest BCUT2D eigenvalue weighted by Gasteiger charge is 2.29. The minimum absolute atomic E-state index is 0.133. The molecular formula is C20H32O3. The topological polar surface area (TPSA) is 46.5 Å². The summed E-state index contributed by atoms with van der Waals surface area (Å²) in [5.74, 6) is -0.260. The SMILES string of the molecule is CC(C)OC(=O)C(C)c1cc(C(C)(C)C)c(O)c(C(C)(C)C)c1. The molecule has 0 aliphatic carbocycles. The van der Waals surface area contributed by atoms with Crippen LogP contribution in [0.3, 0.4) is 0 Å². The highest BCUT2D eigenvalue weighted by molar-refractivity contribution is 5.78. The molecule has 0 amide bonds. The maximum atomic E-state index is 12.3. The quantitative estimate of drug-likeness (QED) is 0.793. The van der Waals surface area contributed by atoms with Gasteiger partial charge in [0, 0.05) is 0 Å². The molecule has 0 saturated heterocycles. The molecule has 1 aromatic rings. The van der Waals surface area contributed by atoms with Crippen LogP contribution in [0.5, 0.6) is 5.75 Å². The van der Waals surface area contributed by atoms with Crippen molar-refractivity contribution in [1.29, 1.82) is 0 Å². The summed E-state index contributed by atoms with van der Waals surface area (Å²) in [5.41, 5.74) is 2.21. The Morgan fingerprint density at radius 3 is 1.65 bits per heavy atom. The van der Waals surface area contributed by atoms with Crippen LogP contribution < -0.4 is 0 Å². The van der Waals surface area contributed by atoms with Crippen LogP contribution in [-0.2, 0) is 20.4 Å². The van der Waals surface area contributed by atoms with Gasteiger partial charge in [-0.25, -0.2) is 0 Å². The second-order valence-corrected chi connectivity index (χ2v) is 8.67. The number of ether oxygens (including phenoxy) is 1. The first-order valence-corrected chi connectivity index (χ1v) is 8.33. The van der Waals surface area contributed by atoms with Crippen LogP contribution >= 0.6 is 0 Å². The van der Waals surface area contributed by atoms with Crippen molar-refractivity contribution in [3.05, 3.63) is 28.8 Å². The number of carbonyl (C=O) groups excluding carboxylic acids is 1. The van der Waals surface area contributed by atoms with Gasteiger partial charge in [0.15, 0.2) is 0 Å². The van der Waals surface area contributed by atoms with E-state index in [-0.39, 0.29) is 28.8 Å². The molecule has 1 unspecified atom stereocenters. The number of carbonyl (C=O) groups is 1. The molecule has 1 aromatic carbocycles. The average Bonchev–Trinajstić information content (AvgIpc) is 2.34. The van der Waals surface area contributed by atoms with Crippen LogP contribution in [0.4, 0.5) is 0 Å². The Morgan fingerprint density at radius 1 is 0.957 bits per heavy atom. The van der Waals surface area contributed by atoms with E-state index >= 15 is 0 Å². The zero-order valence-electron chi connectivity index (χ0n) is 16.1. The molecule has 0 aromatic heterocycles. The number of rotatable bonds is 3. The number of hydrogen-bond acceptors (Lipinski definition) is 3. The summed E-state index contributed by atoms with van der Waals surface area (Å²) in [5, 5.41) is 10.7. The third-order valence-corrected chi connectivity index (χ3v) is 3.95. The Hall–Kier alpha value is -1.51. The van der Waals surface area contributed by atoms with Gasteiger partial charge in [-0.15, -0.1) is 0 Å². The predicted octanol–water partition coefficient (Wildman–Crippen LogP) is 5.04. The molecule has 0 saturated carbocycles. The van der Waals surface area contributed by atoms with Crippen molar-refractivity contribution >= 4 is 5.97 Å². The van der Waals surface area contributed by atoms with E-state index < -0.39 is 0 Å². The number of esters is 1. The fourth-order valence-electron chi connectivity index (χ4n) is 2.52. The van der Waals surface area contributed by atoms with Crippen molar-refractivity contribution < 1.29 is 14.6 Å². The zero-order chi connectivity index (χ0) is 18.2. The lowest BCUT2D eigenvalue weighted by atomic mass is 9.77. The molecule has 0 spiro atoms. The summed E-state index contributed by atoms with van der Waals surface area (Å²) in [7, 11) is 0. The molecule has 23 heavy (non-hydrogen) atoms. The highest BCUT2D eigenvalue weighted by Crippen LogP contribution is 2.41. The van der Waals surface area contributed by atoms with Gasteiger partial charge in [-0.1, -0.05) is 53.7 Å². The van der Waals surface area contributed by atoms with Gasteiger partial charge in [-0.05, 0) is 48.3 Å². The van der Waals surface area contributed by atoms with E-state index in [9.17, 15) is 9.90 Å². The monoisotopic (exact) mass is 320 g/mol. The molecular weight excluding hydrogens is 288 g/mol. The Morgan fingerprint density at radius 2 is 1.35 bits per heavy atom. The smallest absolute Gasteiger partial charge is 0.313 e. The summed E-state index contributed by atoms with van der Waals surface area (Å²) >= 11 is 0. The molecule has 0 aliphatic rings. The molecule has 130 valence electrons. The summed E-state index contributed by atoms with van der Waals surface area (Å²) in [6.07, 6.45) is -0.133. The van der Waals surface area contributed by atoms with Gasteiger partial charge in [0.2, 0.25) is 0 Å².